The molecule has 0 bridgehead atoms. The molecule has 0 spiro atoms. The van der Waals surface area contributed by atoms with E-state index in [0.29, 0.717) is 75.8 Å². The monoisotopic (exact) mass is 2020 g/mol. The van der Waals surface area contributed by atoms with Gasteiger partial charge in [0.2, 0.25) is 0 Å². The number of nitrogens with zero attached hydrogens (tertiary/aromatic N) is 8. The van der Waals surface area contributed by atoms with E-state index in [9.17, 15) is 0 Å². The second kappa shape index (κ2) is 134. The predicted molar refractivity (Wildman–Crippen MR) is 524 cm³/mol. The quantitative estimate of drug-likeness (QED) is 0.108. The summed E-state index contributed by atoms with van der Waals surface area (Å²) < 4.78 is 0. The normalized spacial score (nSPS) is 16.4. The van der Waals surface area contributed by atoms with Crippen LogP contribution in [0.4, 0.5) is 0 Å². The number of hydrogen-bond acceptors (Lipinski definition) is 0. The van der Waals surface area contributed by atoms with E-state index in [4.69, 9.17) is 52.6 Å². The SMILES string of the molecule is C1CCCC1.C1CCCC1.CC(C)C1CCCC1.CC1CC(C)C(C)C1C.CC1CCCC1.CC1CCCC1.CCC1CCCC1.CCC1CCCC1.[CH-]=C(C)[N-]C.[CH-]=C(C)[N-]C.[CH-]=C(C)[N-]C.[CH-]=C(C)[N-]C(C)C.[CH-]=C(C)[N-]C(C)C.[CH-]=C(C)[N-]C(C)C.[CH-]=C(C)[N-]C(C)C.[CH-]=C(C)[N-]C(C)C.[CH3-].[CH3-].[CH3-].[CH3-].[CH3-].[CH3-].[CH3-].[CH3-].[Ni+3].[Ni+3].[Ni+3].[Ni+3].[Ni+3].[Ni+3].[Ni+3].[Ni+3]. The first-order valence-corrected chi connectivity index (χ1v) is 42.1. The maximum atomic E-state index is 5.24. The van der Waals surface area contributed by atoms with E-state index in [0.717, 1.165) is 59.2 Å². The summed E-state index contributed by atoms with van der Waals surface area (Å²) in [6, 6.07) is 1.69. The van der Waals surface area contributed by atoms with Crippen molar-refractivity contribution in [2.75, 3.05) is 21.1 Å². The molecule has 0 aromatic carbocycles. The van der Waals surface area contributed by atoms with Gasteiger partial charge in [-0.1, -0.05) is 399 Å². The van der Waals surface area contributed by atoms with Crippen LogP contribution >= 0.6 is 0 Å². The van der Waals surface area contributed by atoms with Gasteiger partial charge < -0.3 is 200 Å². The fraction of sp³-hybridized carbons (Fsp3) is 0.767. The van der Waals surface area contributed by atoms with Crippen molar-refractivity contribution in [2.45, 2.75) is 436 Å². The fourth-order valence-corrected chi connectivity index (χ4v) is 12.6. The summed E-state index contributed by atoms with van der Waals surface area (Å²) in [5.74, 6) is 10.1. The Bertz CT molecular complexity index is 1680. The molecule has 8 fully saturated rings. The van der Waals surface area contributed by atoms with Crippen molar-refractivity contribution in [3.05, 3.63) is 200 Å². The van der Waals surface area contributed by atoms with E-state index in [2.05, 4.69) is 112 Å². The van der Waals surface area contributed by atoms with Crippen LogP contribution in [0.25, 0.3) is 42.5 Å². The number of allylic oxidation sites excluding steroid dienone is 8. The van der Waals surface area contributed by atoms with E-state index in [1.165, 1.54) is 212 Å². The molecular weight excluding hydrogens is 1820 g/mol. The standard InChI is InChI=1S/C9H18.C8H16.2C7H14.5C6H11N.2C6H12.2C5H10.3C4H7N.8CH3.8Ni/c1-6-5-7(2)9(4)8(6)3;1-7(2)8-5-3-4-6-8;2*1-2-7-5-3-4-6-7;5*1-5(2)7-6(3)4;2*1-6-4-2-3-5-6;2*1-2-4-5-3-1;3*1-4(2)5-3;;;;;;;;;;;;;;;;/h6-9H,5H2,1-4H3;7-8H,3-6H2,1-2H3;2*7H,2-6H2,1H3;5*1,6H,2-4H3;2*6H,2-5H2,1H3;2*1-5H2;3*1H,2-3H3;8*1H3;;;;;;;;/q;;;;5*-2;;;;;3*-2;8*-1;8*+3. The zero-order valence-electron chi connectivity index (χ0n) is 85.7. The smallest absolute Gasteiger partial charge is 0.721 e. The van der Waals surface area contributed by atoms with Crippen LogP contribution in [-0.4, -0.2) is 51.4 Å². The van der Waals surface area contributed by atoms with Gasteiger partial charge in [-0.3, -0.25) is 0 Å². The molecule has 8 aliphatic carbocycles. The zero-order chi connectivity index (χ0) is 81.3. The van der Waals surface area contributed by atoms with Gasteiger partial charge in [-0.05, 0) is 65.6 Å². The maximum Gasteiger partial charge on any atom is 3.00 e. The molecule has 738 valence electrons. The third kappa shape index (κ3) is 176. The molecule has 8 radical (unpaired) electrons. The molecule has 0 amide bonds. The van der Waals surface area contributed by atoms with Crippen LogP contribution in [0.2, 0.25) is 0 Å². The Morgan fingerprint density at radius 1 is 0.252 bits per heavy atom. The molecule has 4 unspecified atom stereocenters. The molecule has 0 heterocycles. The van der Waals surface area contributed by atoms with E-state index in [1.54, 1.807) is 76.5 Å². The van der Waals surface area contributed by atoms with Gasteiger partial charge in [0.1, 0.15) is 0 Å². The van der Waals surface area contributed by atoms with Crippen LogP contribution in [0.1, 0.15) is 406 Å². The Morgan fingerprint density at radius 2 is 0.395 bits per heavy atom. The molecule has 0 aromatic heterocycles. The summed E-state index contributed by atoms with van der Waals surface area (Å²) in [4.78, 5) is 0. The average molecular weight is 2030 g/mol. The van der Waals surface area contributed by atoms with Crippen LogP contribution in [0.5, 0.6) is 0 Å². The van der Waals surface area contributed by atoms with E-state index in [1.807, 2.05) is 69.2 Å². The van der Waals surface area contributed by atoms with Crippen molar-refractivity contribution in [3.8, 4) is 0 Å². The molecule has 8 aliphatic rings. The summed E-state index contributed by atoms with van der Waals surface area (Å²) in [5.41, 5.74) is 5.20. The first-order chi connectivity index (χ1) is 48.0. The molecule has 119 heavy (non-hydrogen) atoms. The first-order valence-electron chi connectivity index (χ1n) is 42.1. The third-order valence-corrected chi connectivity index (χ3v) is 19.0. The molecule has 0 N–H and O–H groups in total. The molecule has 16 heteroatoms. The first kappa shape index (κ1) is 184. The topological polar surface area (TPSA) is 113 Å². The second-order valence-corrected chi connectivity index (χ2v) is 32.5. The fourth-order valence-electron chi connectivity index (χ4n) is 12.6. The Hall–Kier alpha value is 0.268. The van der Waals surface area contributed by atoms with Gasteiger partial charge in [0.25, 0.3) is 0 Å². The van der Waals surface area contributed by atoms with E-state index in [-0.39, 0.29) is 191 Å². The summed E-state index contributed by atoms with van der Waals surface area (Å²) in [6.45, 7) is 99.0. The molecule has 4 atom stereocenters. The molecular formula is C103H206N8Ni8. The number of rotatable bonds is 16. The Balaban J connectivity index is -0.0000000365. The summed E-state index contributed by atoms with van der Waals surface area (Å²) in [6.07, 6.45) is 49.2. The minimum absolute atomic E-state index is 0. The van der Waals surface area contributed by atoms with Crippen LogP contribution in [0.3, 0.4) is 0 Å². The Kier molecular flexibility index (Phi) is 207. The van der Waals surface area contributed by atoms with Crippen LogP contribution in [-0.2, 0) is 132 Å². The minimum atomic E-state index is 0. The van der Waals surface area contributed by atoms with Gasteiger partial charge >= 0.3 is 132 Å². The van der Waals surface area contributed by atoms with Crippen molar-refractivity contribution in [1.29, 1.82) is 0 Å². The van der Waals surface area contributed by atoms with Crippen LogP contribution in [0.15, 0.2) is 45.6 Å². The van der Waals surface area contributed by atoms with Crippen molar-refractivity contribution in [2.24, 2.45) is 59.2 Å². The van der Waals surface area contributed by atoms with Crippen molar-refractivity contribution < 1.29 is 132 Å². The molecule has 8 saturated carbocycles. The Labute approximate surface area is 840 Å². The van der Waals surface area contributed by atoms with Gasteiger partial charge in [-0.15, -0.1) is 51.4 Å². The van der Waals surface area contributed by atoms with Gasteiger partial charge in [0.15, 0.2) is 0 Å². The summed E-state index contributed by atoms with van der Waals surface area (Å²) >= 11 is 0. The molecule has 0 aromatic rings. The van der Waals surface area contributed by atoms with Crippen molar-refractivity contribution >= 4 is 0 Å². The van der Waals surface area contributed by atoms with Crippen molar-refractivity contribution in [3.63, 3.8) is 0 Å². The third-order valence-electron chi connectivity index (χ3n) is 19.0. The second-order valence-electron chi connectivity index (χ2n) is 32.5. The molecule has 8 rings (SSSR count). The predicted octanol–water partition coefficient (Wildman–Crippen LogP) is 37.3. The largest absolute Gasteiger partial charge is 3.00 e. The zero-order valence-corrected chi connectivity index (χ0v) is 93.6. The summed E-state index contributed by atoms with van der Waals surface area (Å²) in [7, 11) is 4.99. The Morgan fingerprint density at radius 3 is 0.454 bits per heavy atom. The average Bonchev–Trinajstić information content (AvgIpc) is 1.72. The molecule has 0 saturated heterocycles. The summed E-state index contributed by atoms with van der Waals surface area (Å²) in [5, 5.41) is 30.6. The van der Waals surface area contributed by atoms with Crippen LogP contribution < -0.4 is 0 Å². The minimum Gasteiger partial charge on any atom is -0.721 e. The van der Waals surface area contributed by atoms with Gasteiger partial charge in [-0.25, -0.2) is 0 Å². The molecule has 8 nitrogen and oxygen atoms in total. The maximum absolute atomic E-state index is 5.24. The van der Waals surface area contributed by atoms with Crippen LogP contribution in [0, 0.1) is 171 Å². The number of hydrogen-bond donors (Lipinski definition) is 0. The van der Waals surface area contributed by atoms with E-state index < -0.39 is 0 Å². The van der Waals surface area contributed by atoms with Gasteiger partial charge in [0.05, 0.1) is 0 Å². The van der Waals surface area contributed by atoms with E-state index >= 15 is 0 Å². The van der Waals surface area contributed by atoms with Gasteiger partial charge in [-0.2, -0.15) is 0 Å². The van der Waals surface area contributed by atoms with Crippen molar-refractivity contribution in [1.82, 2.24) is 0 Å². The van der Waals surface area contributed by atoms with Gasteiger partial charge in [0, 0.05) is 0 Å². The molecule has 0 aliphatic heterocycles.